The fourth-order valence-electron chi connectivity index (χ4n) is 1.98. The van der Waals surface area contributed by atoms with E-state index in [-0.39, 0.29) is 27.3 Å². The summed E-state index contributed by atoms with van der Waals surface area (Å²) in [5, 5.41) is 12.6. The summed E-state index contributed by atoms with van der Waals surface area (Å²) in [6.07, 6.45) is -0.473. The van der Waals surface area contributed by atoms with Gasteiger partial charge in [-0.25, -0.2) is 4.79 Å². The number of alkyl carbamates (subject to hydrolysis) is 1. The molecular formula is C12H13Cl2NO3. The highest BCUT2D eigenvalue weighted by Crippen LogP contribution is 2.41. The molecule has 98 valence electrons. The number of carbonyl (C=O) groups is 1. The van der Waals surface area contributed by atoms with Gasteiger partial charge in [-0.2, -0.15) is 0 Å². The average Bonchev–Trinajstić information content (AvgIpc) is 2.28. The molecule has 1 fully saturated rings. The largest absolute Gasteiger partial charge is 0.505 e. The zero-order chi connectivity index (χ0) is 13.5. The molecule has 1 aromatic rings. The lowest BCUT2D eigenvalue weighted by Gasteiger charge is -2.38. The molecule has 1 atom stereocenters. The molecular weight excluding hydrogens is 277 g/mol. The van der Waals surface area contributed by atoms with Crippen LogP contribution in [0.1, 0.15) is 25.5 Å². The molecule has 4 nitrogen and oxygen atoms in total. The van der Waals surface area contributed by atoms with Crippen molar-refractivity contribution in [2.24, 2.45) is 5.41 Å². The smallest absolute Gasteiger partial charge is 0.407 e. The molecule has 0 spiro atoms. The number of phenols is 1. The van der Waals surface area contributed by atoms with Gasteiger partial charge in [0.1, 0.15) is 6.61 Å². The minimum absolute atomic E-state index is 0.154. The minimum Gasteiger partial charge on any atom is -0.505 e. The van der Waals surface area contributed by atoms with E-state index in [1.807, 2.05) is 13.8 Å². The summed E-state index contributed by atoms with van der Waals surface area (Å²) in [5.74, 6) is -0.154. The number of amides is 1. The van der Waals surface area contributed by atoms with Crippen LogP contribution in [0.5, 0.6) is 5.75 Å². The van der Waals surface area contributed by atoms with Crippen LogP contribution in [0.25, 0.3) is 0 Å². The summed E-state index contributed by atoms with van der Waals surface area (Å²) < 4.78 is 4.96. The molecule has 18 heavy (non-hydrogen) atoms. The SMILES string of the molecule is CC1(C)COC(=O)N[C@H]1c1cc(Cl)c(O)c(Cl)c1. The van der Waals surface area contributed by atoms with E-state index >= 15 is 0 Å². The van der Waals surface area contributed by atoms with Gasteiger partial charge in [0.05, 0.1) is 16.1 Å². The Bertz CT molecular complexity index is 479. The lowest BCUT2D eigenvalue weighted by Crippen LogP contribution is -2.46. The number of rotatable bonds is 1. The van der Waals surface area contributed by atoms with Crippen LogP contribution in [0.2, 0.25) is 10.0 Å². The lowest BCUT2D eigenvalue weighted by atomic mass is 9.80. The molecule has 0 radical (unpaired) electrons. The Morgan fingerprint density at radius 2 is 1.94 bits per heavy atom. The monoisotopic (exact) mass is 289 g/mol. The number of phenolic OH excluding ortho intramolecular Hbond substituents is 1. The van der Waals surface area contributed by atoms with Gasteiger partial charge >= 0.3 is 6.09 Å². The summed E-state index contributed by atoms with van der Waals surface area (Å²) in [5.41, 5.74) is 0.446. The first-order chi connectivity index (χ1) is 8.31. The van der Waals surface area contributed by atoms with Gasteiger partial charge in [-0.1, -0.05) is 37.0 Å². The van der Waals surface area contributed by atoms with Gasteiger partial charge < -0.3 is 15.2 Å². The van der Waals surface area contributed by atoms with Crippen molar-refractivity contribution in [1.82, 2.24) is 5.32 Å². The molecule has 0 aromatic heterocycles. The van der Waals surface area contributed by atoms with Gasteiger partial charge in [0, 0.05) is 5.41 Å². The maximum absolute atomic E-state index is 11.3. The number of hydrogen-bond donors (Lipinski definition) is 2. The van der Waals surface area contributed by atoms with Gasteiger partial charge in [0.15, 0.2) is 5.75 Å². The van der Waals surface area contributed by atoms with E-state index in [0.29, 0.717) is 6.61 Å². The van der Waals surface area contributed by atoms with Gasteiger partial charge in [-0.05, 0) is 17.7 Å². The van der Waals surface area contributed by atoms with Gasteiger partial charge in [0.2, 0.25) is 0 Å². The Kier molecular flexibility index (Phi) is 3.34. The maximum Gasteiger partial charge on any atom is 0.407 e. The standard InChI is InChI=1S/C12H13Cl2NO3/c1-12(2)5-18-11(17)15-10(12)6-3-7(13)9(16)8(14)4-6/h3-4,10,16H,5H2,1-2H3,(H,15,17)/t10-/m0/s1. The van der Waals surface area contributed by atoms with E-state index in [1.54, 1.807) is 12.1 Å². The van der Waals surface area contributed by atoms with Gasteiger partial charge in [-0.3, -0.25) is 0 Å². The maximum atomic E-state index is 11.3. The van der Waals surface area contributed by atoms with E-state index in [4.69, 9.17) is 27.9 Å². The topological polar surface area (TPSA) is 58.6 Å². The quantitative estimate of drug-likeness (QED) is 0.832. The second kappa shape index (κ2) is 4.52. The van der Waals surface area contributed by atoms with Crippen LogP contribution < -0.4 is 5.32 Å². The molecule has 1 heterocycles. The predicted octanol–water partition coefficient (Wildman–Crippen LogP) is 3.51. The highest BCUT2D eigenvalue weighted by molar-refractivity contribution is 6.37. The van der Waals surface area contributed by atoms with Crippen LogP contribution in [0.4, 0.5) is 4.79 Å². The fraction of sp³-hybridized carbons (Fsp3) is 0.417. The first-order valence-electron chi connectivity index (χ1n) is 5.42. The molecule has 0 bridgehead atoms. The van der Waals surface area contributed by atoms with E-state index < -0.39 is 6.09 Å². The van der Waals surface area contributed by atoms with Crippen LogP contribution >= 0.6 is 23.2 Å². The van der Waals surface area contributed by atoms with E-state index in [2.05, 4.69) is 5.32 Å². The Labute approximate surface area is 115 Å². The molecule has 0 saturated carbocycles. The molecule has 1 amide bonds. The van der Waals surface area contributed by atoms with Gasteiger partial charge in [0.25, 0.3) is 0 Å². The first-order valence-corrected chi connectivity index (χ1v) is 6.18. The fourth-order valence-corrected chi connectivity index (χ4v) is 2.48. The number of benzene rings is 1. The molecule has 2 N–H and O–H groups in total. The van der Waals surface area contributed by atoms with Crippen molar-refractivity contribution in [3.8, 4) is 5.75 Å². The summed E-state index contributed by atoms with van der Waals surface area (Å²) in [6.45, 7) is 4.23. The summed E-state index contributed by atoms with van der Waals surface area (Å²) in [7, 11) is 0. The number of ether oxygens (including phenoxy) is 1. The summed E-state index contributed by atoms with van der Waals surface area (Å²) in [6, 6.07) is 2.93. The molecule has 1 aliphatic heterocycles. The van der Waals surface area contributed by atoms with Crippen molar-refractivity contribution in [3.63, 3.8) is 0 Å². The third-order valence-corrected chi connectivity index (χ3v) is 3.57. The van der Waals surface area contributed by atoms with Crippen LogP contribution in [0, 0.1) is 5.41 Å². The number of halogens is 2. The van der Waals surface area contributed by atoms with E-state index in [1.165, 1.54) is 0 Å². The third-order valence-electron chi connectivity index (χ3n) is 2.99. The molecule has 2 rings (SSSR count). The molecule has 0 aliphatic carbocycles. The van der Waals surface area contributed by atoms with Crippen molar-refractivity contribution in [3.05, 3.63) is 27.7 Å². The molecule has 1 aliphatic rings. The minimum atomic E-state index is -0.473. The van der Waals surface area contributed by atoms with Gasteiger partial charge in [-0.15, -0.1) is 0 Å². The zero-order valence-corrected chi connectivity index (χ0v) is 11.5. The Balaban J connectivity index is 2.43. The third kappa shape index (κ3) is 2.35. The number of hydrogen-bond acceptors (Lipinski definition) is 3. The highest BCUT2D eigenvalue weighted by Gasteiger charge is 2.38. The zero-order valence-electron chi connectivity index (χ0n) is 9.96. The van der Waals surface area contributed by atoms with Crippen LogP contribution in [0.15, 0.2) is 12.1 Å². The van der Waals surface area contributed by atoms with Crippen molar-refractivity contribution in [1.29, 1.82) is 0 Å². The second-order valence-corrected chi connectivity index (χ2v) is 5.79. The number of nitrogens with one attached hydrogen (secondary N) is 1. The molecule has 6 heteroatoms. The van der Waals surface area contributed by atoms with Crippen molar-refractivity contribution in [2.45, 2.75) is 19.9 Å². The number of carbonyl (C=O) groups excluding carboxylic acids is 1. The van der Waals surface area contributed by atoms with Crippen molar-refractivity contribution in [2.75, 3.05) is 6.61 Å². The lowest BCUT2D eigenvalue weighted by molar-refractivity contribution is 0.0387. The molecule has 1 saturated heterocycles. The predicted molar refractivity (Wildman–Crippen MR) is 69.1 cm³/mol. The summed E-state index contributed by atoms with van der Waals surface area (Å²) in [4.78, 5) is 11.3. The normalized spacial score (nSPS) is 22.2. The Hall–Kier alpha value is -1.13. The van der Waals surface area contributed by atoms with Crippen LogP contribution in [-0.4, -0.2) is 17.8 Å². The van der Waals surface area contributed by atoms with E-state index in [0.717, 1.165) is 5.56 Å². The first kappa shape index (κ1) is 13.3. The average molecular weight is 290 g/mol. The molecule has 0 unspecified atom stereocenters. The number of aromatic hydroxyl groups is 1. The second-order valence-electron chi connectivity index (χ2n) is 4.98. The Morgan fingerprint density at radius 1 is 1.39 bits per heavy atom. The Morgan fingerprint density at radius 3 is 2.50 bits per heavy atom. The van der Waals surface area contributed by atoms with Crippen LogP contribution in [-0.2, 0) is 4.74 Å². The van der Waals surface area contributed by atoms with Crippen LogP contribution in [0.3, 0.4) is 0 Å². The number of cyclic esters (lactones) is 1. The molecule has 1 aromatic carbocycles. The van der Waals surface area contributed by atoms with Crippen molar-refractivity contribution >= 4 is 29.3 Å². The highest BCUT2D eigenvalue weighted by atomic mass is 35.5. The van der Waals surface area contributed by atoms with E-state index in [9.17, 15) is 9.90 Å². The van der Waals surface area contributed by atoms with Crippen molar-refractivity contribution < 1.29 is 14.6 Å². The summed E-state index contributed by atoms with van der Waals surface area (Å²) >= 11 is 11.8.